The molecule has 2 aromatic carbocycles. The highest BCUT2D eigenvalue weighted by Crippen LogP contribution is 2.38. The number of para-hydroxylation sites is 2. The molecular formula is C15H14ClNO3. The van der Waals surface area contributed by atoms with Gasteiger partial charge in [-0.15, -0.1) is 0 Å². The number of rotatable bonds is 4. The predicted molar refractivity (Wildman–Crippen MR) is 78.7 cm³/mol. The summed E-state index contributed by atoms with van der Waals surface area (Å²) in [7, 11) is 0. The third-order valence-corrected chi connectivity index (χ3v) is 3.20. The molecule has 0 amide bonds. The number of nitrogens with zero attached hydrogens (tertiary/aromatic N) is 1. The Kier molecular flexibility index (Phi) is 4.25. The lowest BCUT2D eigenvalue weighted by atomic mass is 10.0. The zero-order chi connectivity index (χ0) is 14.7. The molecule has 0 saturated heterocycles. The van der Waals surface area contributed by atoms with Gasteiger partial charge < -0.3 is 4.74 Å². The van der Waals surface area contributed by atoms with Crippen LogP contribution in [0.25, 0.3) is 0 Å². The number of nitro groups is 1. The van der Waals surface area contributed by atoms with Crippen molar-refractivity contribution >= 4 is 17.3 Å². The molecule has 0 N–H and O–H groups in total. The van der Waals surface area contributed by atoms with Crippen LogP contribution in [-0.4, -0.2) is 4.92 Å². The van der Waals surface area contributed by atoms with Crippen LogP contribution in [0.4, 0.5) is 5.69 Å². The Morgan fingerprint density at radius 1 is 1.10 bits per heavy atom. The topological polar surface area (TPSA) is 52.4 Å². The van der Waals surface area contributed by atoms with Crippen LogP contribution < -0.4 is 4.74 Å². The van der Waals surface area contributed by atoms with Gasteiger partial charge in [-0.25, -0.2) is 0 Å². The van der Waals surface area contributed by atoms with Gasteiger partial charge in [0, 0.05) is 0 Å². The van der Waals surface area contributed by atoms with Gasteiger partial charge in [-0.3, -0.25) is 10.1 Å². The summed E-state index contributed by atoms with van der Waals surface area (Å²) in [5, 5.41) is 11.2. The lowest BCUT2D eigenvalue weighted by molar-refractivity contribution is -0.385. The molecule has 0 aliphatic carbocycles. The third-order valence-electron chi connectivity index (χ3n) is 2.89. The van der Waals surface area contributed by atoms with Crippen LogP contribution >= 0.6 is 11.6 Å². The molecule has 0 spiro atoms. The Morgan fingerprint density at radius 3 is 2.40 bits per heavy atom. The van der Waals surface area contributed by atoms with Crippen molar-refractivity contribution < 1.29 is 9.66 Å². The van der Waals surface area contributed by atoms with Gasteiger partial charge in [0.25, 0.3) is 0 Å². The summed E-state index contributed by atoms with van der Waals surface area (Å²) < 4.78 is 5.72. The van der Waals surface area contributed by atoms with Crippen molar-refractivity contribution in [1.82, 2.24) is 0 Å². The van der Waals surface area contributed by atoms with Gasteiger partial charge in [0.2, 0.25) is 5.75 Å². The quantitative estimate of drug-likeness (QED) is 0.577. The molecule has 0 atom stereocenters. The van der Waals surface area contributed by atoms with Crippen molar-refractivity contribution in [3.05, 3.63) is 63.2 Å². The number of hydrogen-bond acceptors (Lipinski definition) is 3. The zero-order valence-electron chi connectivity index (χ0n) is 11.2. The minimum Gasteiger partial charge on any atom is -0.450 e. The summed E-state index contributed by atoms with van der Waals surface area (Å²) in [5.41, 5.74) is 0.773. The number of benzene rings is 2. The van der Waals surface area contributed by atoms with E-state index >= 15 is 0 Å². The molecule has 5 heteroatoms. The average Bonchev–Trinajstić information content (AvgIpc) is 2.38. The van der Waals surface area contributed by atoms with E-state index in [0.717, 1.165) is 5.56 Å². The molecule has 0 unspecified atom stereocenters. The number of halogens is 1. The van der Waals surface area contributed by atoms with Crippen LogP contribution in [0, 0.1) is 10.1 Å². The molecule has 20 heavy (non-hydrogen) atoms. The van der Waals surface area contributed by atoms with Crippen LogP contribution in [0.15, 0.2) is 42.5 Å². The second-order valence-electron chi connectivity index (χ2n) is 4.64. The summed E-state index contributed by atoms with van der Waals surface area (Å²) in [6, 6.07) is 12.1. The van der Waals surface area contributed by atoms with Crippen molar-refractivity contribution in [2.75, 3.05) is 0 Å². The van der Waals surface area contributed by atoms with E-state index in [2.05, 4.69) is 0 Å². The fourth-order valence-corrected chi connectivity index (χ4v) is 2.16. The van der Waals surface area contributed by atoms with Crippen LogP contribution in [0.3, 0.4) is 0 Å². The molecule has 0 heterocycles. The van der Waals surface area contributed by atoms with E-state index < -0.39 is 4.92 Å². The Hall–Kier alpha value is -2.07. The first-order chi connectivity index (χ1) is 9.50. The van der Waals surface area contributed by atoms with Crippen molar-refractivity contribution in [2.24, 2.45) is 0 Å². The first-order valence-electron chi connectivity index (χ1n) is 6.20. The smallest absolute Gasteiger partial charge is 0.329 e. The van der Waals surface area contributed by atoms with E-state index in [0.29, 0.717) is 5.75 Å². The first-order valence-corrected chi connectivity index (χ1v) is 6.58. The van der Waals surface area contributed by atoms with Crippen molar-refractivity contribution in [2.45, 2.75) is 19.8 Å². The second kappa shape index (κ2) is 5.92. The molecule has 2 rings (SSSR count). The van der Waals surface area contributed by atoms with Crippen LogP contribution in [0.2, 0.25) is 5.02 Å². The molecule has 0 radical (unpaired) electrons. The summed E-state index contributed by atoms with van der Waals surface area (Å²) in [6.07, 6.45) is 0. The molecule has 0 saturated carbocycles. The summed E-state index contributed by atoms with van der Waals surface area (Å²) in [4.78, 5) is 10.6. The van der Waals surface area contributed by atoms with E-state index in [1.807, 2.05) is 32.0 Å². The monoisotopic (exact) mass is 291 g/mol. The van der Waals surface area contributed by atoms with Gasteiger partial charge in [-0.1, -0.05) is 49.7 Å². The summed E-state index contributed by atoms with van der Waals surface area (Å²) >= 11 is 5.87. The Morgan fingerprint density at radius 2 is 1.75 bits per heavy atom. The molecule has 2 aromatic rings. The average molecular weight is 292 g/mol. The maximum Gasteiger partial charge on any atom is 0.329 e. The highest BCUT2D eigenvalue weighted by Gasteiger charge is 2.21. The Balaban J connectivity index is 2.46. The largest absolute Gasteiger partial charge is 0.450 e. The van der Waals surface area contributed by atoms with Crippen molar-refractivity contribution in [3.63, 3.8) is 0 Å². The SMILES string of the molecule is CC(C)c1ccccc1Oc1cccc(Cl)c1[N+](=O)[O-]. The molecule has 0 aromatic heterocycles. The maximum absolute atomic E-state index is 11.1. The summed E-state index contributed by atoms with van der Waals surface area (Å²) in [5.74, 6) is 1.01. The number of hydrogen-bond donors (Lipinski definition) is 0. The van der Waals surface area contributed by atoms with E-state index in [1.54, 1.807) is 18.2 Å². The third kappa shape index (κ3) is 2.91. The van der Waals surface area contributed by atoms with E-state index in [4.69, 9.17) is 16.3 Å². The van der Waals surface area contributed by atoms with Gasteiger partial charge >= 0.3 is 5.69 Å². The number of nitro benzene ring substituents is 1. The number of ether oxygens (including phenoxy) is 1. The highest BCUT2D eigenvalue weighted by molar-refractivity contribution is 6.32. The van der Waals surface area contributed by atoms with E-state index in [1.165, 1.54) is 6.07 Å². The van der Waals surface area contributed by atoms with Gasteiger partial charge in [0.05, 0.1) is 4.92 Å². The highest BCUT2D eigenvalue weighted by atomic mass is 35.5. The Labute approximate surface area is 122 Å². The van der Waals surface area contributed by atoms with E-state index in [-0.39, 0.29) is 22.4 Å². The molecule has 0 aliphatic rings. The molecule has 104 valence electrons. The second-order valence-corrected chi connectivity index (χ2v) is 5.05. The molecule has 4 nitrogen and oxygen atoms in total. The standard InChI is InChI=1S/C15H14ClNO3/c1-10(2)11-6-3-4-8-13(11)20-14-9-5-7-12(16)15(14)17(18)19/h3-10H,1-2H3. The minimum atomic E-state index is -0.532. The maximum atomic E-state index is 11.1. The lowest BCUT2D eigenvalue weighted by Gasteiger charge is -2.13. The minimum absolute atomic E-state index is 0.0644. The van der Waals surface area contributed by atoms with Crippen LogP contribution in [-0.2, 0) is 0 Å². The molecular weight excluding hydrogens is 278 g/mol. The molecule has 0 aliphatic heterocycles. The fourth-order valence-electron chi connectivity index (χ4n) is 1.92. The molecule has 0 fully saturated rings. The van der Waals surface area contributed by atoms with Gasteiger partial charge in [-0.05, 0) is 29.7 Å². The van der Waals surface area contributed by atoms with Gasteiger partial charge in [0.1, 0.15) is 10.8 Å². The van der Waals surface area contributed by atoms with E-state index in [9.17, 15) is 10.1 Å². The van der Waals surface area contributed by atoms with Crippen LogP contribution in [0.5, 0.6) is 11.5 Å². The first kappa shape index (κ1) is 14.3. The molecule has 0 bridgehead atoms. The van der Waals surface area contributed by atoms with Crippen molar-refractivity contribution in [1.29, 1.82) is 0 Å². The summed E-state index contributed by atoms with van der Waals surface area (Å²) in [6.45, 7) is 4.07. The Bertz CT molecular complexity index is 641. The fraction of sp³-hybridized carbons (Fsp3) is 0.200. The lowest BCUT2D eigenvalue weighted by Crippen LogP contribution is -1.97. The predicted octanol–water partition coefficient (Wildman–Crippen LogP) is 5.16. The zero-order valence-corrected chi connectivity index (χ0v) is 11.9. The van der Waals surface area contributed by atoms with Gasteiger partial charge in [-0.2, -0.15) is 0 Å². The normalized spacial score (nSPS) is 10.6. The van der Waals surface area contributed by atoms with Crippen molar-refractivity contribution in [3.8, 4) is 11.5 Å². The van der Waals surface area contributed by atoms with Crippen LogP contribution in [0.1, 0.15) is 25.3 Å². The van der Waals surface area contributed by atoms with Gasteiger partial charge in [0.15, 0.2) is 0 Å².